The average Bonchev–Trinajstić information content (AvgIpc) is 3.42. The van der Waals surface area contributed by atoms with Crippen molar-refractivity contribution in [1.29, 1.82) is 0 Å². The van der Waals surface area contributed by atoms with Crippen LogP contribution in [-0.4, -0.2) is 73.0 Å². The number of likely N-dealkylation sites (tertiary alicyclic amines) is 1. The number of rotatable bonds is 9. The van der Waals surface area contributed by atoms with E-state index < -0.39 is 34.6 Å². The van der Waals surface area contributed by atoms with Crippen LogP contribution >= 0.6 is 39.3 Å². The maximum atomic E-state index is 14.4. The molecular formula is C25H30BrClN2O5S. The predicted molar refractivity (Wildman–Crippen MR) is 141 cm³/mol. The number of amides is 2. The molecule has 0 saturated carbocycles. The number of thioether (sulfide) groups is 1. The SMILES string of the molecule is C=CCN(C(=O)C1N([C@@H](CO)[C@@H](C)CC)C(=O)[C@@H]2[C@@H](C(=O)O)[C@@H]3SC12CC3Br)c1ccc(Cl)cc1. The molecule has 3 aliphatic heterocycles. The van der Waals surface area contributed by atoms with Gasteiger partial charge in [0.1, 0.15) is 6.04 Å². The number of fused-ring (bicyclic) bond motifs is 1. The molecule has 0 radical (unpaired) electrons. The normalized spacial score (nSPS) is 32.9. The topological polar surface area (TPSA) is 98.2 Å². The van der Waals surface area contributed by atoms with Crippen LogP contribution in [0, 0.1) is 17.8 Å². The fraction of sp³-hybridized carbons (Fsp3) is 0.560. The van der Waals surface area contributed by atoms with Crippen LogP contribution in [0.25, 0.3) is 0 Å². The van der Waals surface area contributed by atoms with E-state index in [0.29, 0.717) is 23.6 Å². The number of halogens is 2. The van der Waals surface area contributed by atoms with Crippen molar-refractivity contribution in [2.45, 2.75) is 53.6 Å². The Morgan fingerprint density at radius 1 is 1.40 bits per heavy atom. The summed E-state index contributed by atoms with van der Waals surface area (Å²) in [5, 5.41) is 20.7. The van der Waals surface area contributed by atoms with Crippen LogP contribution in [0.15, 0.2) is 36.9 Å². The van der Waals surface area contributed by atoms with E-state index in [0.717, 1.165) is 0 Å². The van der Waals surface area contributed by atoms with Crippen molar-refractivity contribution in [2.75, 3.05) is 18.1 Å². The first-order valence-corrected chi connectivity index (χ1v) is 14.0. The van der Waals surface area contributed by atoms with Gasteiger partial charge in [-0.15, -0.1) is 18.3 Å². The van der Waals surface area contributed by atoms with E-state index in [-0.39, 0.29) is 41.0 Å². The summed E-state index contributed by atoms with van der Waals surface area (Å²) in [5.41, 5.74) is 0.610. The first kappa shape index (κ1) is 26.5. The minimum Gasteiger partial charge on any atom is -0.481 e. The van der Waals surface area contributed by atoms with E-state index in [1.54, 1.807) is 35.2 Å². The Labute approximate surface area is 223 Å². The molecule has 3 heterocycles. The molecule has 7 nitrogen and oxygen atoms in total. The fourth-order valence-corrected chi connectivity index (χ4v) is 9.73. The standard InChI is InChI=1S/C25H30BrClN2O5S/c1-4-10-28(15-8-6-14(27)7-9-15)23(32)21-25-11-16(26)20(35-25)18(24(33)34)19(25)22(31)29(21)17(12-30)13(3)5-2/h4,6-9,13,16-21,30H,1,5,10-12H2,2-3H3,(H,33,34)/t13-,16?,17-,18+,19-,20+,21?,25?/m0/s1. The average molecular weight is 586 g/mol. The lowest BCUT2D eigenvalue weighted by molar-refractivity contribution is -0.149. The largest absolute Gasteiger partial charge is 0.481 e. The highest BCUT2D eigenvalue weighted by Crippen LogP contribution is 2.68. The Bertz CT molecular complexity index is 1030. The van der Waals surface area contributed by atoms with E-state index >= 15 is 0 Å². The Kier molecular flexibility index (Phi) is 7.63. The predicted octanol–water partition coefficient (Wildman–Crippen LogP) is 3.82. The summed E-state index contributed by atoms with van der Waals surface area (Å²) in [4.78, 5) is 43.7. The summed E-state index contributed by atoms with van der Waals surface area (Å²) in [6.07, 6.45) is 2.81. The van der Waals surface area contributed by atoms with Gasteiger partial charge in [0, 0.05) is 27.3 Å². The monoisotopic (exact) mass is 584 g/mol. The molecule has 1 aromatic rings. The zero-order valence-corrected chi connectivity index (χ0v) is 22.8. The van der Waals surface area contributed by atoms with Crippen LogP contribution in [0.1, 0.15) is 26.7 Å². The third kappa shape index (κ3) is 4.12. The highest BCUT2D eigenvalue weighted by Gasteiger charge is 2.76. The van der Waals surface area contributed by atoms with Crippen molar-refractivity contribution in [3.05, 3.63) is 41.9 Å². The van der Waals surface area contributed by atoms with Gasteiger partial charge in [-0.05, 0) is 36.6 Å². The van der Waals surface area contributed by atoms with Gasteiger partial charge in [0.25, 0.3) is 5.91 Å². The molecule has 0 aromatic heterocycles. The highest BCUT2D eigenvalue weighted by atomic mass is 79.9. The first-order chi connectivity index (χ1) is 16.6. The lowest BCUT2D eigenvalue weighted by Gasteiger charge is -2.41. The molecule has 1 aromatic carbocycles. The van der Waals surface area contributed by atoms with Gasteiger partial charge in [-0.25, -0.2) is 0 Å². The molecule has 2 amide bonds. The van der Waals surface area contributed by atoms with E-state index in [2.05, 4.69) is 22.5 Å². The molecule has 0 aliphatic carbocycles. The fourth-order valence-electron chi connectivity index (χ4n) is 6.02. The summed E-state index contributed by atoms with van der Waals surface area (Å²) in [5.74, 6) is -3.48. The molecule has 2 bridgehead atoms. The molecule has 8 atom stereocenters. The number of carbonyl (C=O) groups is 3. The maximum Gasteiger partial charge on any atom is 0.308 e. The van der Waals surface area contributed by atoms with Gasteiger partial charge in [0.15, 0.2) is 0 Å². The number of carboxylic acids is 1. The quantitative estimate of drug-likeness (QED) is 0.338. The van der Waals surface area contributed by atoms with Crippen molar-refractivity contribution in [3.8, 4) is 0 Å². The number of carboxylic acid groups (broad SMARTS) is 1. The lowest BCUT2D eigenvalue weighted by Crippen LogP contribution is -2.59. The van der Waals surface area contributed by atoms with Crippen molar-refractivity contribution >= 4 is 62.8 Å². The van der Waals surface area contributed by atoms with E-state index in [4.69, 9.17) is 11.6 Å². The van der Waals surface area contributed by atoms with Gasteiger partial charge < -0.3 is 20.0 Å². The van der Waals surface area contributed by atoms with Crippen LogP contribution in [0.2, 0.25) is 5.02 Å². The summed E-state index contributed by atoms with van der Waals surface area (Å²) in [7, 11) is 0. The van der Waals surface area contributed by atoms with Crippen LogP contribution < -0.4 is 4.90 Å². The summed E-state index contributed by atoms with van der Waals surface area (Å²) in [6, 6.07) is 5.36. The smallest absolute Gasteiger partial charge is 0.308 e. The second-order valence-corrected chi connectivity index (χ2v) is 12.7. The Morgan fingerprint density at radius 2 is 2.06 bits per heavy atom. The number of aliphatic carboxylic acids is 1. The number of aliphatic hydroxyl groups excluding tert-OH is 1. The number of anilines is 1. The minimum absolute atomic E-state index is 0.0805. The third-order valence-electron chi connectivity index (χ3n) is 7.81. The lowest BCUT2D eigenvalue weighted by atomic mass is 9.71. The van der Waals surface area contributed by atoms with Crippen molar-refractivity contribution in [1.82, 2.24) is 4.90 Å². The molecule has 4 rings (SSSR count). The Balaban J connectivity index is 1.86. The highest BCUT2D eigenvalue weighted by molar-refractivity contribution is 9.09. The van der Waals surface area contributed by atoms with Crippen LogP contribution in [0.3, 0.4) is 0 Å². The van der Waals surface area contributed by atoms with Gasteiger partial charge in [0.05, 0.1) is 29.2 Å². The van der Waals surface area contributed by atoms with Crippen molar-refractivity contribution in [3.63, 3.8) is 0 Å². The van der Waals surface area contributed by atoms with Crippen LogP contribution in [0.5, 0.6) is 0 Å². The van der Waals surface area contributed by atoms with Gasteiger partial charge in [0.2, 0.25) is 5.91 Å². The second-order valence-electron chi connectivity index (χ2n) is 9.60. The number of benzene rings is 1. The molecule has 3 unspecified atom stereocenters. The number of aliphatic hydroxyl groups is 1. The van der Waals surface area contributed by atoms with Crippen molar-refractivity contribution < 1.29 is 24.6 Å². The van der Waals surface area contributed by atoms with Gasteiger partial charge in [-0.3, -0.25) is 14.4 Å². The van der Waals surface area contributed by atoms with Crippen LogP contribution in [-0.2, 0) is 14.4 Å². The number of alkyl halides is 1. The first-order valence-electron chi connectivity index (χ1n) is 11.8. The van der Waals surface area contributed by atoms with Crippen LogP contribution in [0.4, 0.5) is 5.69 Å². The number of hydrogen-bond donors (Lipinski definition) is 2. The molecule has 2 N–H and O–H groups in total. The van der Waals surface area contributed by atoms with E-state index in [9.17, 15) is 24.6 Å². The van der Waals surface area contributed by atoms with Gasteiger partial charge in [-0.2, -0.15) is 0 Å². The summed E-state index contributed by atoms with van der Waals surface area (Å²) >= 11 is 11.2. The minimum atomic E-state index is -1.02. The number of hydrogen-bond acceptors (Lipinski definition) is 5. The molecule has 190 valence electrons. The second kappa shape index (κ2) is 10.1. The Morgan fingerprint density at radius 3 is 2.60 bits per heavy atom. The zero-order chi connectivity index (χ0) is 25.7. The van der Waals surface area contributed by atoms with Gasteiger partial charge in [-0.1, -0.05) is 53.9 Å². The zero-order valence-electron chi connectivity index (χ0n) is 19.6. The van der Waals surface area contributed by atoms with Gasteiger partial charge >= 0.3 is 5.97 Å². The number of carbonyl (C=O) groups excluding carboxylic acids is 2. The van der Waals surface area contributed by atoms with Crippen molar-refractivity contribution in [2.24, 2.45) is 17.8 Å². The molecule has 10 heteroatoms. The molecule has 3 fully saturated rings. The molecule has 35 heavy (non-hydrogen) atoms. The van der Waals surface area contributed by atoms with E-state index in [1.807, 2.05) is 13.8 Å². The maximum absolute atomic E-state index is 14.4. The Hall–Kier alpha value is -1.55. The summed E-state index contributed by atoms with van der Waals surface area (Å²) < 4.78 is -0.900. The molecule has 1 spiro atoms. The van der Waals surface area contributed by atoms with E-state index in [1.165, 1.54) is 16.7 Å². The number of nitrogens with zero attached hydrogens (tertiary/aromatic N) is 2. The molecule has 3 saturated heterocycles. The summed E-state index contributed by atoms with van der Waals surface area (Å²) in [6.45, 7) is 7.62. The molecule has 3 aliphatic rings. The third-order valence-corrected chi connectivity index (χ3v) is 11.3. The molecular weight excluding hydrogens is 556 g/mol.